The highest BCUT2D eigenvalue weighted by molar-refractivity contribution is 9.10. The van der Waals surface area contributed by atoms with Crippen LogP contribution >= 0.6 is 15.9 Å². The van der Waals surface area contributed by atoms with Crippen molar-refractivity contribution in [2.45, 2.75) is 52.5 Å². The van der Waals surface area contributed by atoms with E-state index in [-0.39, 0.29) is 11.9 Å². The van der Waals surface area contributed by atoms with Crippen molar-refractivity contribution in [2.24, 2.45) is 0 Å². The average molecular weight is 430 g/mol. The smallest absolute Gasteiger partial charge is 0.252 e. The highest BCUT2D eigenvalue weighted by Gasteiger charge is 2.13. The number of carbonyl (C=O) groups excluding carboxylic acids is 1. The average Bonchev–Trinajstić information content (AvgIpc) is 3.09. The molecule has 1 atom stereocenters. The third-order valence-corrected chi connectivity index (χ3v) is 5.31. The van der Waals surface area contributed by atoms with Crippen LogP contribution < -0.4 is 5.32 Å². The molecule has 2 heterocycles. The Hall–Kier alpha value is -2.28. The molecule has 0 bridgehead atoms. The molecule has 1 aromatic carbocycles. The van der Waals surface area contributed by atoms with E-state index in [1.807, 2.05) is 26.0 Å². The summed E-state index contributed by atoms with van der Waals surface area (Å²) >= 11 is 3.45. The summed E-state index contributed by atoms with van der Waals surface area (Å²) in [6.45, 7) is 6.00. The molecule has 3 aromatic rings. The van der Waals surface area contributed by atoms with Crippen molar-refractivity contribution < 1.29 is 4.79 Å². The Morgan fingerprint density at radius 2 is 1.96 bits per heavy atom. The first-order valence-electron chi connectivity index (χ1n) is 9.13. The maximum atomic E-state index is 12.3. The second-order valence-electron chi connectivity index (χ2n) is 6.87. The minimum atomic E-state index is 0.0655. The largest absolute Gasteiger partial charge is 0.354 e. The van der Waals surface area contributed by atoms with Gasteiger partial charge in [0.2, 0.25) is 5.91 Å². The van der Waals surface area contributed by atoms with Crippen molar-refractivity contribution in [3.8, 4) is 0 Å². The normalized spacial score (nSPS) is 12.3. The third-order valence-electron chi connectivity index (χ3n) is 4.78. The van der Waals surface area contributed by atoms with Gasteiger partial charge in [0.15, 0.2) is 0 Å². The van der Waals surface area contributed by atoms with Crippen LogP contribution in [0.3, 0.4) is 0 Å². The van der Waals surface area contributed by atoms with E-state index in [0.717, 1.165) is 34.3 Å². The predicted octanol–water partition coefficient (Wildman–Crippen LogP) is 3.57. The van der Waals surface area contributed by atoms with Gasteiger partial charge < -0.3 is 5.32 Å². The summed E-state index contributed by atoms with van der Waals surface area (Å²) in [5.74, 6) is 0.663. The van der Waals surface area contributed by atoms with E-state index in [0.29, 0.717) is 18.6 Å². The molecule has 27 heavy (non-hydrogen) atoms. The van der Waals surface area contributed by atoms with Crippen LogP contribution in [0.1, 0.15) is 42.3 Å². The number of halogens is 1. The number of benzene rings is 1. The van der Waals surface area contributed by atoms with Gasteiger partial charge in [-0.15, -0.1) is 0 Å². The highest BCUT2D eigenvalue weighted by Crippen LogP contribution is 2.15. The first kappa shape index (κ1) is 19.5. The Morgan fingerprint density at radius 1 is 1.22 bits per heavy atom. The van der Waals surface area contributed by atoms with Crippen LogP contribution in [0.4, 0.5) is 0 Å². The van der Waals surface area contributed by atoms with E-state index in [4.69, 9.17) is 0 Å². The zero-order valence-electron chi connectivity index (χ0n) is 15.9. The van der Waals surface area contributed by atoms with Gasteiger partial charge in [0.25, 0.3) is 5.78 Å². The fourth-order valence-corrected chi connectivity index (χ4v) is 3.47. The Labute approximate surface area is 167 Å². The van der Waals surface area contributed by atoms with Gasteiger partial charge in [-0.3, -0.25) is 4.79 Å². The van der Waals surface area contributed by atoms with Crippen molar-refractivity contribution in [2.75, 3.05) is 0 Å². The first-order valence-corrected chi connectivity index (χ1v) is 9.93. The molecule has 0 aliphatic rings. The van der Waals surface area contributed by atoms with Crippen LogP contribution in [-0.4, -0.2) is 31.5 Å². The fourth-order valence-electron chi connectivity index (χ4n) is 3.21. The van der Waals surface area contributed by atoms with E-state index in [1.165, 1.54) is 11.9 Å². The van der Waals surface area contributed by atoms with Gasteiger partial charge in [0, 0.05) is 28.3 Å². The van der Waals surface area contributed by atoms with Gasteiger partial charge in [0.1, 0.15) is 6.33 Å². The topological polar surface area (TPSA) is 72.2 Å². The molecule has 0 aliphatic carbocycles. The Kier molecular flexibility index (Phi) is 6.21. The summed E-state index contributed by atoms with van der Waals surface area (Å²) in [7, 11) is 0. The monoisotopic (exact) mass is 429 g/mol. The summed E-state index contributed by atoms with van der Waals surface area (Å²) in [6, 6.07) is 8.45. The van der Waals surface area contributed by atoms with E-state index in [9.17, 15) is 4.79 Å². The lowest BCUT2D eigenvalue weighted by atomic mass is 10.0. The highest BCUT2D eigenvalue weighted by atomic mass is 79.9. The van der Waals surface area contributed by atoms with Crippen LogP contribution in [0.25, 0.3) is 5.78 Å². The molecular formula is C20H24BrN5O. The number of fused-ring (bicyclic) bond motifs is 1. The standard InChI is InChI=1S/C20H24BrN5O/c1-13(4-5-16-6-8-17(21)9-7-16)24-19(27)11-10-18-14(2)25-20-22-12-23-26(20)15(18)3/h6-9,12-13H,4-5,10-11H2,1-3H3,(H,24,27). The summed E-state index contributed by atoms with van der Waals surface area (Å²) < 4.78 is 2.80. The van der Waals surface area contributed by atoms with Crippen LogP contribution in [-0.2, 0) is 17.6 Å². The molecule has 142 valence electrons. The molecule has 0 saturated carbocycles. The molecule has 0 fully saturated rings. The Morgan fingerprint density at radius 3 is 2.70 bits per heavy atom. The molecule has 7 heteroatoms. The molecule has 3 rings (SSSR count). The number of hydrogen-bond acceptors (Lipinski definition) is 4. The van der Waals surface area contributed by atoms with Gasteiger partial charge >= 0.3 is 0 Å². The Bertz CT molecular complexity index is 935. The maximum absolute atomic E-state index is 12.3. The number of rotatable bonds is 7. The van der Waals surface area contributed by atoms with Crippen LogP contribution in [0, 0.1) is 13.8 Å². The van der Waals surface area contributed by atoms with Crippen molar-refractivity contribution in [3.05, 3.63) is 57.6 Å². The number of aryl methyl sites for hydroxylation is 3. The number of aromatic nitrogens is 4. The summed E-state index contributed by atoms with van der Waals surface area (Å²) in [4.78, 5) is 20.9. The van der Waals surface area contributed by atoms with E-state index >= 15 is 0 Å². The van der Waals surface area contributed by atoms with Crippen molar-refractivity contribution in [1.29, 1.82) is 0 Å². The van der Waals surface area contributed by atoms with Crippen LogP contribution in [0.5, 0.6) is 0 Å². The molecule has 0 radical (unpaired) electrons. The van der Waals surface area contributed by atoms with Gasteiger partial charge in [0.05, 0.1) is 0 Å². The molecule has 1 amide bonds. The molecular weight excluding hydrogens is 406 g/mol. The molecule has 0 saturated heterocycles. The van der Waals surface area contributed by atoms with Crippen molar-refractivity contribution in [3.63, 3.8) is 0 Å². The second kappa shape index (κ2) is 8.61. The molecule has 2 aromatic heterocycles. The molecule has 0 spiro atoms. The van der Waals surface area contributed by atoms with Crippen LogP contribution in [0.2, 0.25) is 0 Å². The number of carbonyl (C=O) groups is 1. The quantitative estimate of drug-likeness (QED) is 0.622. The van der Waals surface area contributed by atoms with E-state index in [1.54, 1.807) is 4.52 Å². The summed E-state index contributed by atoms with van der Waals surface area (Å²) in [6.07, 6.45) is 4.44. The van der Waals surface area contributed by atoms with Gasteiger partial charge in [-0.2, -0.15) is 10.1 Å². The zero-order valence-corrected chi connectivity index (χ0v) is 17.5. The zero-order chi connectivity index (χ0) is 19.4. The number of nitrogens with zero attached hydrogens (tertiary/aromatic N) is 4. The van der Waals surface area contributed by atoms with Gasteiger partial charge in [-0.25, -0.2) is 9.50 Å². The number of amides is 1. The number of nitrogens with one attached hydrogen (secondary N) is 1. The van der Waals surface area contributed by atoms with Crippen molar-refractivity contribution in [1.82, 2.24) is 24.9 Å². The molecule has 1 unspecified atom stereocenters. The van der Waals surface area contributed by atoms with E-state index < -0.39 is 0 Å². The van der Waals surface area contributed by atoms with Gasteiger partial charge in [-0.1, -0.05) is 28.1 Å². The summed E-state index contributed by atoms with van der Waals surface area (Å²) in [5.41, 5.74) is 4.23. The number of hydrogen-bond donors (Lipinski definition) is 1. The molecule has 0 aliphatic heterocycles. The lowest BCUT2D eigenvalue weighted by Gasteiger charge is -2.15. The maximum Gasteiger partial charge on any atom is 0.252 e. The predicted molar refractivity (Wildman–Crippen MR) is 109 cm³/mol. The SMILES string of the molecule is Cc1nc2ncnn2c(C)c1CCC(=O)NC(C)CCc1ccc(Br)cc1. The minimum absolute atomic E-state index is 0.0655. The van der Waals surface area contributed by atoms with Crippen LogP contribution in [0.15, 0.2) is 35.1 Å². The lowest BCUT2D eigenvalue weighted by molar-refractivity contribution is -0.121. The molecule has 6 nitrogen and oxygen atoms in total. The van der Waals surface area contributed by atoms with Crippen molar-refractivity contribution >= 4 is 27.6 Å². The first-order chi connectivity index (χ1) is 12.9. The second-order valence-corrected chi connectivity index (χ2v) is 7.78. The Balaban J connectivity index is 1.51. The van der Waals surface area contributed by atoms with E-state index in [2.05, 4.69) is 55.4 Å². The lowest BCUT2D eigenvalue weighted by Crippen LogP contribution is -2.33. The fraction of sp³-hybridized carbons (Fsp3) is 0.400. The minimum Gasteiger partial charge on any atom is -0.354 e. The molecule has 1 N–H and O–H groups in total. The third kappa shape index (κ3) is 4.91. The summed E-state index contributed by atoms with van der Waals surface area (Å²) in [5, 5.41) is 7.29. The van der Waals surface area contributed by atoms with Gasteiger partial charge in [-0.05, 0) is 63.3 Å².